The number of sulfonamides is 1. The molecule has 0 bridgehead atoms. The molecule has 0 spiro atoms. The van der Waals surface area contributed by atoms with Crippen LogP contribution in [0.4, 0.5) is 0 Å². The number of aromatic nitrogens is 1. The largest absolute Gasteiger partial charge is 0.312 e. The minimum absolute atomic E-state index is 0.344. The van der Waals surface area contributed by atoms with Gasteiger partial charge in [-0.3, -0.25) is 4.98 Å². The van der Waals surface area contributed by atoms with Crippen LogP contribution in [0, 0.1) is 0 Å². The molecule has 1 unspecified atom stereocenters. The smallest absolute Gasteiger partial charge is 0.242 e. The van der Waals surface area contributed by atoms with Gasteiger partial charge in [0.05, 0.1) is 16.6 Å². The lowest BCUT2D eigenvalue weighted by Gasteiger charge is -2.14. The van der Waals surface area contributed by atoms with Gasteiger partial charge >= 0.3 is 0 Å². The average molecular weight is 325 g/mol. The van der Waals surface area contributed by atoms with Gasteiger partial charge in [0.25, 0.3) is 0 Å². The quantitative estimate of drug-likeness (QED) is 0.819. The van der Waals surface area contributed by atoms with Gasteiger partial charge in [0.2, 0.25) is 10.0 Å². The third-order valence-electron chi connectivity index (χ3n) is 2.99. The van der Waals surface area contributed by atoms with E-state index in [1.165, 1.54) is 11.3 Å². The molecule has 2 heterocycles. The second kappa shape index (κ2) is 7.13. The summed E-state index contributed by atoms with van der Waals surface area (Å²) < 4.78 is 27.7. The molecule has 5 nitrogen and oxygen atoms in total. The number of nitrogens with zero attached hydrogens (tertiary/aromatic N) is 1. The van der Waals surface area contributed by atoms with Crippen LogP contribution in [0.1, 0.15) is 30.5 Å². The molecule has 0 fully saturated rings. The van der Waals surface area contributed by atoms with E-state index in [0.717, 1.165) is 11.4 Å². The van der Waals surface area contributed by atoms with Crippen molar-refractivity contribution in [3.05, 3.63) is 46.4 Å². The molecule has 0 aliphatic rings. The van der Waals surface area contributed by atoms with Crippen LogP contribution in [-0.2, 0) is 16.6 Å². The molecule has 0 amide bonds. The molecule has 2 N–H and O–H groups in total. The Morgan fingerprint density at radius 2 is 2.14 bits per heavy atom. The summed E-state index contributed by atoms with van der Waals surface area (Å²) >= 11 is 1.44. The third-order valence-corrected chi connectivity index (χ3v) is 5.67. The first-order valence-corrected chi connectivity index (χ1v) is 9.11. The summed E-state index contributed by atoms with van der Waals surface area (Å²) in [6.45, 7) is 5.14. The molecule has 21 heavy (non-hydrogen) atoms. The number of rotatable bonds is 7. The molecule has 1 atom stereocenters. The average Bonchev–Trinajstić information content (AvgIpc) is 2.95. The molecule has 0 aliphatic carbocycles. The fourth-order valence-corrected chi connectivity index (χ4v) is 4.55. The molecule has 2 aromatic heterocycles. The van der Waals surface area contributed by atoms with Crippen molar-refractivity contribution >= 4 is 21.4 Å². The number of hydrogen-bond acceptors (Lipinski definition) is 5. The van der Waals surface area contributed by atoms with Crippen LogP contribution in [0.25, 0.3) is 0 Å². The Labute approximate surface area is 129 Å². The molecule has 0 aromatic carbocycles. The molecule has 2 rings (SSSR count). The van der Waals surface area contributed by atoms with Crippen molar-refractivity contribution in [1.82, 2.24) is 15.0 Å². The van der Waals surface area contributed by atoms with Crippen LogP contribution in [0.15, 0.2) is 40.7 Å². The minimum atomic E-state index is -3.54. The van der Waals surface area contributed by atoms with Crippen molar-refractivity contribution in [3.8, 4) is 0 Å². The lowest BCUT2D eigenvalue weighted by Crippen LogP contribution is -2.28. The Bertz CT molecular complexity index is 669. The highest BCUT2D eigenvalue weighted by Crippen LogP contribution is 2.23. The van der Waals surface area contributed by atoms with Gasteiger partial charge < -0.3 is 5.32 Å². The van der Waals surface area contributed by atoms with Gasteiger partial charge in [0.15, 0.2) is 0 Å². The van der Waals surface area contributed by atoms with E-state index in [-0.39, 0.29) is 6.04 Å². The van der Waals surface area contributed by atoms with Crippen LogP contribution in [-0.4, -0.2) is 19.9 Å². The highest BCUT2D eigenvalue weighted by atomic mass is 32.2. The van der Waals surface area contributed by atoms with Crippen molar-refractivity contribution in [2.45, 2.75) is 31.3 Å². The summed E-state index contributed by atoms with van der Waals surface area (Å²) in [6, 6.07) is 6.72. The monoisotopic (exact) mass is 325 g/mol. The second-order valence-electron chi connectivity index (χ2n) is 4.59. The summed E-state index contributed by atoms with van der Waals surface area (Å²) in [7, 11) is -3.54. The summed E-state index contributed by atoms with van der Waals surface area (Å²) in [6.07, 6.45) is 1.65. The van der Waals surface area contributed by atoms with Crippen LogP contribution in [0.3, 0.4) is 0 Å². The van der Waals surface area contributed by atoms with Crippen LogP contribution >= 0.6 is 11.3 Å². The summed E-state index contributed by atoms with van der Waals surface area (Å²) in [4.78, 5) is 5.34. The molecule has 0 saturated carbocycles. The predicted octanol–water partition coefficient (Wildman–Crippen LogP) is 2.29. The van der Waals surface area contributed by atoms with Gasteiger partial charge in [-0.25, -0.2) is 13.1 Å². The Kier molecular flexibility index (Phi) is 5.46. The van der Waals surface area contributed by atoms with E-state index in [0.29, 0.717) is 17.1 Å². The molecule has 0 saturated heterocycles. The maximum Gasteiger partial charge on any atom is 0.242 e. The first-order valence-electron chi connectivity index (χ1n) is 6.75. The van der Waals surface area contributed by atoms with Gasteiger partial charge in [-0.1, -0.05) is 13.0 Å². The van der Waals surface area contributed by atoms with Gasteiger partial charge in [-0.2, -0.15) is 0 Å². The maximum absolute atomic E-state index is 12.5. The van der Waals surface area contributed by atoms with Crippen molar-refractivity contribution in [2.75, 3.05) is 6.54 Å². The fourth-order valence-electron chi connectivity index (χ4n) is 1.92. The highest BCUT2D eigenvalue weighted by molar-refractivity contribution is 7.89. The van der Waals surface area contributed by atoms with E-state index in [9.17, 15) is 8.42 Å². The molecule has 114 valence electrons. The molecule has 0 aliphatic heterocycles. The number of hydrogen-bond donors (Lipinski definition) is 2. The van der Waals surface area contributed by atoms with E-state index in [2.05, 4.69) is 15.0 Å². The van der Waals surface area contributed by atoms with Crippen LogP contribution in [0.2, 0.25) is 0 Å². The fraction of sp³-hybridized carbons (Fsp3) is 0.357. The lowest BCUT2D eigenvalue weighted by atomic mass is 10.2. The van der Waals surface area contributed by atoms with E-state index in [1.807, 2.05) is 13.0 Å². The SMILES string of the molecule is CCNCc1sccc1S(=O)(=O)NC(C)c1ccccn1. The zero-order valence-corrected chi connectivity index (χ0v) is 13.7. The first-order chi connectivity index (χ1) is 10.0. The van der Waals surface area contributed by atoms with E-state index >= 15 is 0 Å². The molecular weight excluding hydrogens is 306 g/mol. The zero-order chi connectivity index (χ0) is 15.3. The van der Waals surface area contributed by atoms with Gasteiger partial charge in [-0.05, 0) is 37.0 Å². The van der Waals surface area contributed by atoms with E-state index in [1.54, 1.807) is 36.7 Å². The molecule has 7 heteroatoms. The summed E-state index contributed by atoms with van der Waals surface area (Å²) in [5.41, 5.74) is 0.699. The first kappa shape index (κ1) is 16.1. The Balaban J connectivity index is 2.17. The normalized spacial score (nSPS) is 13.2. The van der Waals surface area contributed by atoms with Gasteiger partial charge in [0, 0.05) is 17.6 Å². The Hall–Kier alpha value is -1.28. The van der Waals surface area contributed by atoms with Gasteiger partial charge in [0.1, 0.15) is 0 Å². The van der Waals surface area contributed by atoms with E-state index in [4.69, 9.17) is 0 Å². The van der Waals surface area contributed by atoms with E-state index < -0.39 is 10.0 Å². The summed E-state index contributed by atoms with van der Waals surface area (Å²) in [5, 5.41) is 4.95. The van der Waals surface area contributed by atoms with Crippen molar-refractivity contribution in [1.29, 1.82) is 0 Å². The second-order valence-corrected chi connectivity index (χ2v) is 7.27. The van der Waals surface area contributed by atoms with Crippen LogP contribution in [0.5, 0.6) is 0 Å². The Morgan fingerprint density at radius 1 is 1.33 bits per heavy atom. The Morgan fingerprint density at radius 3 is 2.81 bits per heavy atom. The van der Waals surface area contributed by atoms with Gasteiger partial charge in [-0.15, -0.1) is 11.3 Å². The topological polar surface area (TPSA) is 71.1 Å². The predicted molar refractivity (Wildman–Crippen MR) is 84.7 cm³/mol. The standard InChI is InChI=1S/C14H19N3O2S2/c1-3-15-10-13-14(7-9-20-13)21(18,19)17-11(2)12-6-4-5-8-16-12/h4-9,11,15,17H,3,10H2,1-2H3. The van der Waals surface area contributed by atoms with Crippen LogP contribution < -0.4 is 10.0 Å². The number of thiophene rings is 1. The maximum atomic E-state index is 12.5. The molecular formula is C14H19N3O2S2. The number of pyridine rings is 1. The third kappa shape index (κ3) is 4.10. The van der Waals surface area contributed by atoms with Crippen molar-refractivity contribution in [3.63, 3.8) is 0 Å². The summed E-state index contributed by atoms with van der Waals surface area (Å²) in [5.74, 6) is 0. The van der Waals surface area contributed by atoms with Crippen molar-refractivity contribution < 1.29 is 8.42 Å². The molecule has 2 aromatic rings. The zero-order valence-electron chi connectivity index (χ0n) is 12.0. The lowest BCUT2D eigenvalue weighted by molar-refractivity contribution is 0.562. The number of nitrogens with one attached hydrogen (secondary N) is 2. The molecule has 0 radical (unpaired) electrons. The highest BCUT2D eigenvalue weighted by Gasteiger charge is 2.22. The van der Waals surface area contributed by atoms with Crippen molar-refractivity contribution in [2.24, 2.45) is 0 Å². The minimum Gasteiger partial charge on any atom is -0.312 e.